The van der Waals surface area contributed by atoms with E-state index >= 15 is 0 Å². The average molecular weight is 507 g/mol. The van der Waals surface area contributed by atoms with Gasteiger partial charge in [0, 0.05) is 24.5 Å². The number of aliphatic carboxylic acids is 1. The quantitative estimate of drug-likeness (QED) is 0.267. The highest BCUT2D eigenvalue weighted by molar-refractivity contribution is 5.83. The first-order valence-corrected chi connectivity index (χ1v) is 13.6. The number of unbranched alkanes of at least 4 members (excludes halogenated alkanes) is 1. The Kier molecular flexibility index (Phi) is 9.89. The number of methoxy groups -OCH3 is 1. The van der Waals surface area contributed by atoms with Gasteiger partial charge >= 0.3 is 5.97 Å². The Balaban J connectivity index is 1.28. The molecule has 1 N–H and O–H groups in total. The van der Waals surface area contributed by atoms with E-state index in [2.05, 4.69) is 22.0 Å². The van der Waals surface area contributed by atoms with Crippen LogP contribution in [0.4, 0.5) is 4.39 Å². The molecule has 1 aliphatic heterocycles. The predicted molar refractivity (Wildman–Crippen MR) is 145 cm³/mol. The number of aryl methyl sites for hydroxylation is 2. The Morgan fingerprint density at radius 2 is 1.89 bits per heavy atom. The highest BCUT2D eigenvalue weighted by atomic mass is 19.1. The van der Waals surface area contributed by atoms with Crippen molar-refractivity contribution in [2.45, 2.75) is 57.8 Å². The molecule has 1 saturated heterocycles. The Hall–Kier alpha value is -2.99. The monoisotopic (exact) mass is 506 g/mol. The molecule has 3 aromatic rings. The van der Waals surface area contributed by atoms with Crippen LogP contribution in [0.25, 0.3) is 10.9 Å². The van der Waals surface area contributed by atoms with E-state index in [9.17, 15) is 14.3 Å². The summed E-state index contributed by atoms with van der Waals surface area (Å²) in [6.45, 7) is 3.12. The second-order valence-electron chi connectivity index (χ2n) is 10.4. The van der Waals surface area contributed by atoms with Crippen LogP contribution in [-0.2, 0) is 17.6 Å². The fourth-order valence-electron chi connectivity index (χ4n) is 5.77. The fourth-order valence-corrected chi connectivity index (χ4v) is 5.77. The number of carboxylic acids is 1. The van der Waals surface area contributed by atoms with Crippen LogP contribution in [0.3, 0.4) is 0 Å². The van der Waals surface area contributed by atoms with Gasteiger partial charge in [0.2, 0.25) is 0 Å². The zero-order chi connectivity index (χ0) is 26.0. The number of carboxylic acid groups (broad SMARTS) is 1. The molecule has 0 amide bonds. The van der Waals surface area contributed by atoms with Gasteiger partial charge in [0.1, 0.15) is 11.6 Å². The van der Waals surface area contributed by atoms with Gasteiger partial charge in [-0.2, -0.15) is 0 Å². The Morgan fingerprint density at radius 3 is 2.68 bits per heavy atom. The Labute approximate surface area is 219 Å². The minimum Gasteiger partial charge on any atom is -0.497 e. The number of piperidine rings is 1. The maximum absolute atomic E-state index is 13.1. The highest BCUT2D eigenvalue weighted by Gasteiger charge is 2.29. The van der Waals surface area contributed by atoms with Crippen LogP contribution < -0.4 is 4.74 Å². The van der Waals surface area contributed by atoms with E-state index in [-0.39, 0.29) is 12.2 Å². The van der Waals surface area contributed by atoms with Gasteiger partial charge in [0.25, 0.3) is 0 Å². The molecule has 1 aliphatic rings. The maximum atomic E-state index is 13.1. The van der Waals surface area contributed by atoms with Crippen molar-refractivity contribution < 1.29 is 19.0 Å². The summed E-state index contributed by atoms with van der Waals surface area (Å²) in [6, 6.07) is 14.9. The van der Waals surface area contributed by atoms with Gasteiger partial charge in [-0.25, -0.2) is 4.39 Å². The Morgan fingerprint density at radius 1 is 1.05 bits per heavy atom. The van der Waals surface area contributed by atoms with Crippen molar-refractivity contribution in [2.75, 3.05) is 26.7 Å². The molecular formula is C31H39FN2O3. The van der Waals surface area contributed by atoms with E-state index in [0.717, 1.165) is 87.7 Å². The zero-order valence-corrected chi connectivity index (χ0v) is 21.9. The molecule has 198 valence electrons. The molecule has 2 unspecified atom stereocenters. The molecule has 0 aliphatic carbocycles. The molecule has 5 nitrogen and oxygen atoms in total. The first-order chi connectivity index (χ1) is 18.0. The lowest BCUT2D eigenvalue weighted by atomic mass is 9.79. The van der Waals surface area contributed by atoms with E-state index in [0.29, 0.717) is 11.8 Å². The van der Waals surface area contributed by atoms with Gasteiger partial charge in [-0.05, 0) is 124 Å². The minimum atomic E-state index is -0.702. The van der Waals surface area contributed by atoms with Crippen LogP contribution in [0.1, 0.15) is 56.1 Å². The number of benzene rings is 2. The number of halogens is 1. The molecule has 2 aromatic carbocycles. The van der Waals surface area contributed by atoms with Gasteiger partial charge in [-0.15, -0.1) is 0 Å². The average Bonchev–Trinajstić information content (AvgIpc) is 2.91. The summed E-state index contributed by atoms with van der Waals surface area (Å²) in [7, 11) is 1.69. The summed E-state index contributed by atoms with van der Waals surface area (Å²) in [5, 5.41) is 10.5. The number of pyridine rings is 1. The van der Waals surface area contributed by atoms with E-state index in [1.165, 1.54) is 23.3 Å². The minimum absolute atomic E-state index is 0.187. The van der Waals surface area contributed by atoms with Gasteiger partial charge in [-0.1, -0.05) is 12.1 Å². The third-order valence-corrected chi connectivity index (χ3v) is 7.87. The number of ether oxygens (including phenoxy) is 1. The molecule has 0 radical (unpaired) electrons. The van der Waals surface area contributed by atoms with E-state index in [4.69, 9.17) is 4.74 Å². The van der Waals surface area contributed by atoms with Crippen LogP contribution in [0.5, 0.6) is 5.75 Å². The standard InChI is InChI=1S/C31H39FN2O3/c1-37-28-13-14-30-29(21-28)25(16-18-33-30)7-4-6-24-17-20-34(22-26(24)10-15-31(35)36)19-3-2-5-23-8-11-27(32)12-9-23/h8-9,11-14,16,18,21,24,26H,2-7,10,15,17,19-20,22H2,1H3,(H,35,36). The maximum Gasteiger partial charge on any atom is 0.303 e. The second kappa shape index (κ2) is 13.5. The summed E-state index contributed by atoms with van der Waals surface area (Å²) in [6.07, 6.45) is 10.4. The molecule has 37 heavy (non-hydrogen) atoms. The van der Waals surface area contributed by atoms with Gasteiger partial charge in [-0.3, -0.25) is 9.78 Å². The summed E-state index contributed by atoms with van der Waals surface area (Å²) in [4.78, 5) is 18.3. The molecule has 0 bridgehead atoms. The van der Waals surface area contributed by atoms with Crippen molar-refractivity contribution in [2.24, 2.45) is 11.8 Å². The zero-order valence-electron chi connectivity index (χ0n) is 21.9. The number of likely N-dealkylation sites (tertiary alicyclic amines) is 1. The summed E-state index contributed by atoms with van der Waals surface area (Å²) < 4.78 is 18.5. The highest BCUT2D eigenvalue weighted by Crippen LogP contribution is 2.32. The van der Waals surface area contributed by atoms with Crippen LogP contribution in [0.2, 0.25) is 0 Å². The lowest BCUT2D eigenvalue weighted by molar-refractivity contribution is -0.137. The van der Waals surface area contributed by atoms with E-state index in [1.54, 1.807) is 7.11 Å². The fraction of sp³-hybridized carbons (Fsp3) is 0.484. The van der Waals surface area contributed by atoms with E-state index < -0.39 is 5.97 Å². The van der Waals surface area contributed by atoms with Gasteiger partial charge in [0.05, 0.1) is 12.6 Å². The van der Waals surface area contributed by atoms with Gasteiger partial charge < -0.3 is 14.7 Å². The SMILES string of the molecule is COc1ccc2nccc(CCCC3CCN(CCCCc4ccc(F)cc4)CC3CCC(=O)O)c2c1. The topological polar surface area (TPSA) is 62.7 Å². The number of fused-ring (bicyclic) bond motifs is 1. The third kappa shape index (κ3) is 8.00. The third-order valence-electron chi connectivity index (χ3n) is 7.87. The van der Waals surface area contributed by atoms with Crippen molar-refractivity contribution in [1.82, 2.24) is 9.88 Å². The first-order valence-electron chi connectivity index (χ1n) is 13.6. The second-order valence-corrected chi connectivity index (χ2v) is 10.4. The summed E-state index contributed by atoms with van der Waals surface area (Å²) in [5.41, 5.74) is 3.47. The Bertz CT molecular complexity index is 1150. The van der Waals surface area contributed by atoms with E-state index in [1.807, 2.05) is 30.5 Å². The number of hydrogen-bond donors (Lipinski definition) is 1. The molecule has 2 atom stereocenters. The van der Waals surface area contributed by atoms with Crippen molar-refractivity contribution in [1.29, 1.82) is 0 Å². The molecular weight excluding hydrogens is 467 g/mol. The van der Waals surface area contributed by atoms with Crippen molar-refractivity contribution >= 4 is 16.9 Å². The van der Waals surface area contributed by atoms with Crippen LogP contribution in [0.15, 0.2) is 54.7 Å². The number of carbonyl (C=O) groups is 1. The molecule has 6 heteroatoms. The lowest BCUT2D eigenvalue weighted by Gasteiger charge is -2.39. The molecule has 4 rings (SSSR count). The normalized spacial score (nSPS) is 18.2. The molecule has 0 saturated carbocycles. The van der Waals surface area contributed by atoms with Crippen LogP contribution >= 0.6 is 0 Å². The smallest absolute Gasteiger partial charge is 0.303 e. The number of aromatic nitrogens is 1. The molecule has 1 aromatic heterocycles. The summed E-state index contributed by atoms with van der Waals surface area (Å²) in [5.74, 6) is 0.954. The van der Waals surface area contributed by atoms with Crippen LogP contribution in [-0.4, -0.2) is 47.7 Å². The number of nitrogens with zero attached hydrogens (tertiary/aromatic N) is 2. The summed E-state index contributed by atoms with van der Waals surface area (Å²) >= 11 is 0. The number of hydrogen-bond acceptors (Lipinski definition) is 4. The molecule has 1 fully saturated rings. The van der Waals surface area contributed by atoms with Crippen molar-refractivity contribution in [3.8, 4) is 5.75 Å². The first kappa shape index (κ1) is 27.1. The molecule has 0 spiro atoms. The number of rotatable bonds is 13. The van der Waals surface area contributed by atoms with Gasteiger partial charge in [0.15, 0.2) is 0 Å². The van der Waals surface area contributed by atoms with Crippen molar-refractivity contribution in [3.05, 3.63) is 71.7 Å². The lowest BCUT2D eigenvalue weighted by Crippen LogP contribution is -2.41. The molecule has 2 heterocycles. The largest absolute Gasteiger partial charge is 0.497 e. The van der Waals surface area contributed by atoms with Crippen molar-refractivity contribution in [3.63, 3.8) is 0 Å². The van der Waals surface area contributed by atoms with Crippen LogP contribution in [0, 0.1) is 17.7 Å². The predicted octanol–water partition coefficient (Wildman–Crippen LogP) is 6.53.